The fourth-order valence-corrected chi connectivity index (χ4v) is 5.56. The molecule has 0 amide bonds. The summed E-state index contributed by atoms with van der Waals surface area (Å²) in [5.41, 5.74) is 6.09. The minimum Gasteiger partial charge on any atom is -0.478 e. The summed E-state index contributed by atoms with van der Waals surface area (Å²) in [6, 6.07) is 8.77. The summed E-state index contributed by atoms with van der Waals surface area (Å²) in [5, 5.41) is 12.9. The Balaban J connectivity index is 1.68. The van der Waals surface area contributed by atoms with Crippen molar-refractivity contribution in [2.24, 2.45) is 5.92 Å². The normalized spacial score (nSPS) is 16.4. The third-order valence-electron chi connectivity index (χ3n) is 7.74. The van der Waals surface area contributed by atoms with Gasteiger partial charge < -0.3 is 14.2 Å². The summed E-state index contributed by atoms with van der Waals surface area (Å²) in [5.74, 6) is -2.82. The summed E-state index contributed by atoms with van der Waals surface area (Å²) >= 11 is 0. The lowest BCUT2D eigenvalue weighted by molar-refractivity contribution is -0.0498. The zero-order valence-electron chi connectivity index (χ0n) is 20.8. The number of carboxylic acids is 1. The highest BCUT2D eigenvalue weighted by molar-refractivity contribution is 6.38. The molecular weight excluding hydrogens is 462 g/mol. The van der Waals surface area contributed by atoms with Crippen molar-refractivity contribution in [2.75, 3.05) is 0 Å². The van der Waals surface area contributed by atoms with Gasteiger partial charge in [-0.1, -0.05) is 17.3 Å². The number of aryl methyl sites for hydroxylation is 2. The molecule has 5 rings (SSSR count). The maximum atomic E-state index is 13.9. The Kier molecular flexibility index (Phi) is 5.80. The fourth-order valence-electron chi connectivity index (χ4n) is 5.56. The van der Waals surface area contributed by atoms with E-state index in [9.17, 15) is 18.7 Å². The third-order valence-corrected chi connectivity index (χ3v) is 7.74. The molecule has 1 aliphatic rings. The highest BCUT2D eigenvalue weighted by atomic mass is 19.3. The van der Waals surface area contributed by atoms with Crippen molar-refractivity contribution in [3.8, 4) is 22.3 Å². The SMILES string of the molecule is BC(B)(C1CCC(F)(F)CC1)n1cc(-c2ccc(C(=O)O)cc2)c2ncc(-c3c(C)noc3C)cc21. The van der Waals surface area contributed by atoms with E-state index < -0.39 is 17.2 Å². The van der Waals surface area contributed by atoms with Crippen molar-refractivity contribution in [3.63, 3.8) is 0 Å². The summed E-state index contributed by atoms with van der Waals surface area (Å²) in [6.07, 6.45) is 4.50. The first-order valence-corrected chi connectivity index (χ1v) is 12.1. The monoisotopic (exact) mass is 489 g/mol. The maximum absolute atomic E-state index is 13.9. The van der Waals surface area contributed by atoms with Gasteiger partial charge in [0, 0.05) is 41.9 Å². The van der Waals surface area contributed by atoms with Crippen molar-refractivity contribution in [2.45, 2.75) is 50.8 Å². The number of halogens is 2. The lowest BCUT2D eigenvalue weighted by atomic mass is 9.52. The molecule has 1 fully saturated rings. The third kappa shape index (κ3) is 4.12. The molecule has 1 aliphatic carbocycles. The minimum atomic E-state index is -2.60. The van der Waals surface area contributed by atoms with Gasteiger partial charge in [0.25, 0.3) is 0 Å². The second-order valence-electron chi connectivity index (χ2n) is 10.4. The molecule has 4 aromatic rings. The van der Waals surface area contributed by atoms with Crippen molar-refractivity contribution < 1.29 is 23.2 Å². The zero-order valence-corrected chi connectivity index (χ0v) is 20.8. The number of pyridine rings is 1. The Hall–Kier alpha value is -3.42. The van der Waals surface area contributed by atoms with Gasteiger partial charge in [0.05, 0.1) is 22.3 Å². The van der Waals surface area contributed by atoms with Crippen LogP contribution in [0.5, 0.6) is 0 Å². The molecule has 0 spiro atoms. The van der Waals surface area contributed by atoms with Crippen LogP contribution in [0.25, 0.3) is 33.3 Å². The van der Waals surface area contributed by atoms with Crippen molar-refractivity contribution in [1.82, 2.24) is 14.7 Å². The Morgan fingerprint density at radius 3 is 2.42 bits per heavy atom. The van der Waals surface area contributed by atoms with Gasteiger partial charge in [-0.15, -0.1) is 0 Å². The summed E-state index contributed by atoms with van der Waals surface area (Å²) in [6.45, 7) is 3.75. The van der Waals surface area contributed by atoms with E-state index in [-0.39, 0.29) is 24.3 Å². The van der Waals surface area contributed by atoms with Gasteiger partial charge in [-0.3, -0.25) is 4.98 Å². The van der Waals surface area contributed by atoms with E-state index in [0.717, 1.165) is 39.0 Å². The average molecular weight is 489 g/mol. The molecule has 0 atom stereocenters. The van der Waals surface area contributed by atoms with Crippen LogP contribution in [0.4, 0.5) is 8.78 Å². The maximum Gasteiger partial charge on any atom is 0.335 e. The number of benzene rings is 1. The second-order valence-corrected chi connectivity index (χ2v) is 10.4. The Morgan fingerprint density at radius 1 is 1.17 bits per heavy atom. The molecule has 0 bridgehead atoms. The van der Waals surface area contributed by atoms with E-state index >= 15 is 0 Å². The van der Waals surface area contributed by atoms with Crippen LogP contribution >= 0.6 is 0 Å². The zero-order chi connectivity index (χ0) is 25.8. The van der Waals surface area contributed by atoms with Gasteiger partial charge in [-0.25, -0.2) is 13.6 Å². The molecule has 36 heavy (non-hydrogen) atoms. The lowest BCUT2D eigenvalue weighted by Gasteiger charge is -2.41. The van der Waals surface area contributed by atoms with Crippen LogP contribution in [0.15, 0.2) is 47.2 Å². The molecule has 1 aromatic carbocycles. The number of carboxylic acid groups (broad SMARTS) is 1. The van der Waals surface area contributed by atoms with Crippen LogP contribution < -0.4 is 0 Å². The predicted molar refractivity (Wildman–Crippen MR) is 139 cm³/mol. The van der Waals surface area contributed by atoms with E-state index in [0.29, 0.717) is 18.6 Å². The van der Waals surface area contributed by atoms with Gasteiger partial charge in [0.15, 0.2) is 0 Å². The molecule has 1 N–H and O–H groups in total. The molecule has 1 saturated carbocycles. The number of aromatic nitrogens is 3. The van der Waals surface area contributed by atoms with E-state index in [4.69, 9.17) is 9.51 Å². The molecule has 0 aliphatic heterocycles. The molecular formula is C26H27B2F2N3O3. The van der Waals surface area contributed by atoms with Crippen LogP contribution in [0.3, 0.4) is 0 Å². The number of rotatable bonds is 5. The topological polar surface area (TPSA) is 81.2 Å². The lowest BCUT2D eigenvalue weighted by Crippen LogP contribution is -2.45. The number of carbonyl (C=O) groups is 1. The molecule has 0 radical (unpaired) electrons. The smallest absolute Gasteiger partial charge is 0.335 e. The van der Waals surface area contributed by atoms with Crippen LogP contribution in [0, 0.1) is 19.8 Å². The van der Waals surface area contributed by atoms with E-state index in [1.807, 2.05) is 20.0 Å². The summed E-state index contributed by atoms with van der Waals surface area (Å²) in [7, 11) is 4.20. The van der Waals surface area contributed by atoms with Gasteiger partial charge in [-0.05, 0) is 61.7 Å². The van der Waals surface area contributed by atoms with E-state index in [1.165, 1.54) is 0 Å². The van der Waals surface area contributed by atoms with Crippen molar-refractivity contribution >= 4 is 32.7 Å². The van der Waals surface area contributed by atoms with Gasteiger partial charge in [0.2, 0.25) is 5.92 Å². The highest BCUT2D eigenvalue weighted by Crippen LogP contribution is 2.43. The van der Waals surface area contributed by atoms with Crippen LogP contribution in [-0.2, 0) is 5.34 Å². The largest absolute Gasteiger partial charge is 0.478 e. The average Bonchev–Trinajstić information content (AvgIpc) is 3.38. The first kappa shape index (κ1) is 24.3. The number of aromatic carboxylic acids is 1. The van der Waals surface area contributed by atoms with Crippen LogP contribution in [0.2, 0.25) is 0 Å². The number of fused-ring (bicyclic) bond motifs is 1. The van der Waals surface area contributed by atoms with Gasteiger partial charge in [0.1, 0.15) is 21.5 Å². The Labute approximate surface area is 209 Å². The van der Waals surface area contributed by atoms with Crippen LogP contribution in [0.1, 0.15) is 47.5 Å². The van der Waals surface area contributed by atoms with E-state index in [1.54, 1.807) is 30.5 Å². The van der Waals surface area contributed by atoms with Gasteiger partial charge >= 0.3 is 5.97 Å². The number of alkyl halides is 2. The highest BCUT2D eigenvalue weighted by Gasteiger charge is 2.41. The molecule has 3 aromatic heterocycles. The summed E-state index contributed by atoms with van der Waals surface area (Å²) < 4.78 is 35.4. The number of nitrogens with zero attached hydrogens (tertiary/aromatic N) is 3. The fraction of sp³-hybridized carbons (Fsp3) is 0.346. The number of hydrogen-bond donors (Lipinski definition) is 1. The van der Waals surface area contributed by atoms with Crippen molar-refractivity contribution in [1.29, 1.82) is 0 Å². The molecule has 0 unspecified atom stereocenters. The Bertz CT molecular complexity index is 1430. The van der Waals surface area contributed by atoms with Gasteiger partial charge in [-0.2, -0.15) is 0 Å². The minimum absolute atomic E-state index is 0.0673. The standard InChI is InChI=1S/C26H27B2F2N3O3/c1-14-22(15(2)36-32-14)18-11-21-23(31-12-18)20(16-3-5-17(6-4-16)24(34)35)13-33(21)26(27,28)19-7-9-25(29,30)10-8-19/h3-6,11-13,19H,7-10,27-28H2,1-2H3,(H,34,35). The predicted octanol–water partition coefficient (Wildman–Crippen LogP) is 4.38. The Morgan fingerprint density at radius 2 is 1.83 bits per heavy atom. The first-order valence-electron chi connectivity index (χ1n) is 12.1. The molecule has 6 nitrogen and oxygen atoms in total. The van der Waals surface area contributed by atoms with E-state index in [2.05, 4.69) is 31.5 Å². The molecule has 184 valence electrons. The van der Waals surface area contributed by atoms with Crippen molar-refractivity contribution in [3.05, 3.63) is 59.7 Å². The quantitative estimate of drug-likeness (QED) is 0.422. The molecule has 0 saturated heterocycles. The first-order chi connectivity index (χ1) is 17.0. The number of hydrogen-bond acceptors (Lipinski definition) is 4. The second kappa shape index (κ2) is 8.61. The summed E-state index contributed by atoms with van der Waals surface area (Å²) in [4.78, 5) is 16.2. The molecule has 3 heterocycles. The molecule has 10 heteroatoms. The van der Waals surface area contributed by atoms with Crippen LogP contribution in [-0.4, -0.2) is 47.4 Å².